The molecular weight excluding hydrogens is 406 g/mol. The lowest BCUT2D eigenvalue weighted by atomic mass is 10.1. The fourth-order valence-electron chi connectivity index (χ4n) is 3.41. The SMILES string of the molecule is O=C(CO)c1ccc(Nc2nc3c(-c4cnn(Cc5cccnc5)c4)cccn3n2)cc1. The molecule has 0 fully saturated rings. The highest BCUT2D eigenvalue weighted by Crippen LogP contribution is 2.25. The van der Waals surface area contributed by atoms with Crippen LogP contribution in [0.25, 0.3) is 16.8 Å². The molecule has 32 heavy (non-hydrogen) atoms. The van der Waals surface area contributed by atoms with Gasteiger partial charge in [-0.2, -0.15) is 10.1 Å². The van der Waals surface area contributed by atoms with Crippen LogP contribution in [-0.4, -0.2) is 46.9 Å². The van der Waals surface area contributed by atoms with E-state index in [0.717, 1.165) is 22.4 Å². The smallest absolute Gasteiger partial charge is 0.247 e. The van der Waals surface area contributed by atoms with Gasteiger partial charge >= 0.3 is 0 Å². The van der Waals surface area contributed by atoms with E-state index in [2.05, 4.69) is 25.5 Å². The molecule has 0 atom stereocenters. The topological polar surface area (TPSA) is 110 Å². The van der Waals surface area contributed by atoms with Crippen molar-refractivity contribution in [1.29, 1.82) is 0 Å². The number of hydrogen-bond acceptors (Lipinski definition) is 7. The average Bonchev–Trinajstić information content (AvgIpc) is 3.46. The summed E-state index contributed by atoms with van der Waals surface area (Å²) in [5.41, 5.74) is 4.80. The van der Waals surface area contributed by atoms with Crippen molar-refractivity contribution in [3.63, 3.8) is 0 Å². The Morgan fingerprint density at radius 3 is 2.72 bits per heavy atom. The monoisotopic (exact) mass is 425 g/mol. The van der Waals surface area contributed by atoms with Crippen molar-refractivity contribution >= 4 is 23.1 Å². The van der Waals surface area contributed by atoms with Crippen molar-refractivity contribution in [2.75, 3.05) is 11.9 Å². The summed E-state index contributed by atoms with van der Waals surface area (Å²) in [4.78, 5) is 20.4. The van der Waals surface area contributed by atoms with Crippen molar-refractivity contribution in [3.8, 4) is 11.1 Å². The fourth-order valence-corrected chi connectivity index (χ4v) is 3.41. The lowest BCUT2D eigenvalue weighted by Crippen LogP contribution is -2.04. The average molecular weight is 425 g/mol. The van der Waals surface area contributed by atoms with Gasteiger partial charge < -0.3 is 10.4 Å². The van der Waals surface area contributed by atoms with Crippen LogP contribution in [0.4, 0.5) is 11.6 Å². The lowest BCUT2D eigenvalue weighted by molar-refractivity contribution is 0.0904. The number of hydrogen-bond donors (Lipinski definition) is 2. The number of carbonyl (C=O) groups is 1. The highest BCUT2D eigenvalue weighted by molar-refractivity contribution is 5.97. The van der Waals surface area contributed by atoms with E-state index in [1.807, 2.05) is 53.7 Å². The third-order valence-corrected chi connectivity index (χ3v) is 4.98. The second kappa shape index (κ2) is 8.40. The normalized spacial score (nSPS) is 11.0. The largest absolute Gasteiger partial charge is 0.388 e. The standard InChI is InChI=1S/C23H19N7O2/c31-15-21(32)17-5-7-19(8-6-17)26-23-27-22-20(4-2-10-30(22)28-23)18-12-25-29(14-18)13-16-3-1-9-24-11-16/h1-12,14,31H,13,15H2,(H,26,28). The van der Waals surface area contributed by atoms with Crippen LogP contribution in [0, 0.1) is 0 Å². The second-order valence-electron chi connectivity index (χ2n) is 7.20. The summed E-state index contributed by atoms with van der Waals surface area (Å²) in [5, 5.41) is 21.1. The minimum absolute atomic E-state index is 0.323. The molecule has 4 aromatic heterocycles. The Balaban J connectivity index is 1.40. The number of carbonyl (C=O) groups excluding carboxylic acids is 1. The molecule has 0 unspecified atom stereocenters. The molecule has 0 bridgehead atoms. The van der Waals surface area contributed by atoms with Gasteiger partial charge in [0, 0.05) is 47.2 Å². The number of aliphatic hydroxyl groups excluding tert-OH is 1. The van der Waals surface area contributed by atoms with Gasteiger partial charge in [0.15, 0.2) is 11.4 Å². The number of Topliss-reactive ketones (excluding diaryl/α,β-unsaturated/α-hetero) is 1. The summed E-state index contributed by atoms with van der Waals surface area (Å²) >= 11 is 0. The van der Waals surface area contributed by atoms with Gasteiger partial charge in [0.25, 0.3) is 0 Å². The molecule has 0 aliphatic rings. The fraction of sp³-hybridized carbons (Fsp3) is 0.0870. The van der Waals surface area contributed by atoms with E-state index in [1.165, 1.54) is 0 Å². The van der Waals surface area contributed by atoms with E-state index in [4.69, 9.17) is 5.11 Å². The lowest BCUT2D eigenvalue weighted by Gasteiger charge is -2.02. The van der Waals surface area contributed by atoms with Crippen LogP contribution in [-0.2, 0) is 6.54 Å². The zero-order valence-corrected chi connectivity index (χ0v) is 17.0. The molecule has 0 saturated heterocycles. The number of fused-ring (bicyclic) bond motifs is 1. The first-order chi connectivity index (χ1) is 15.7. The number of aromatic nitrogens is 6. The number of nitrogens with zero attached hydrogens (tertiary/aromatic N) is 6. The third kappa shape index (κ3) is 3.96. The van der Waals surface area contributed by atoms with Crippen LogP contribution >= 0.6 is 0 Å². The Morgan fingerprint density at radius 2 is 1.94 bits per heavy atom. The summed E-state index contributed by atoms with van der Waals surface area (Å²) in [5.74, 6) is 0.109. The number of benzene rings is 1. The molecule has 5 aromatic rings. The predicted octanol–water partition coefficient (Wildman–Crippen LogP) is 2.95. The van der Waals surface area contributed by atoms with Gasteiger partial charge in [-0.25, -0.2) is 4.52 Å². The zero-order chi connectivity index (χ0) is 21.9. The minimum Gasteiger partial charge on any atom is -0.388 e. The van der Waals surface area contributed by atoms with Crippen LogP contribution in [0.1, 0.15) is 15.9 Å². The van der Waals surface area contributed by atoms with Crippen molar-refractivity contribution in [2.45, 2.75) is 6.54 Å². The Kier molecular flexibility index (Phi) is 5.14. The molecule has 0 aliphatic heterocycles. The molecule has 0 amide bonds. The van der Waals surface area contributed by atoms with Gasteiger partial charge in [0.2, 0.25) is 5.95 Å². The molecule has 4 heterocycles. The molecule has 2 N–H and O–H groups in total. The Morgan fingerprint density at radius 1 is 1.06 bits per heavy atom. The van der Waals surface area contributed by atoms with Gasteiger partial charge in [-0.1, -0.05) is 6.07 Å². The number of pyridine rings is 2. The van der Waals surface area contributed by atoms with Crippen LogP contribution in [0.15, 0.2) is 79.5 Å². The van der Waals surface area contributed by atoms with Crippen LogP contribution in [0.2, 0.25) is 0 Å². The molecule has 9 nitrogen and oxygen atoms in total. The van der Waals surface area contributed by atoms with Crippen molar-refractivity contribution in [2.24, 2.45) is 0 Å². The van der Waals surface area contributed by atoms with Gasteiger partial charge in [0.05, 0.1) is 12.7 Å². The number of rotatable bonds is 7. The van der Waals surface area contributed by atoms with Crippen LogP contribution in [0.3, 0.4) is 0 Å². The minimum atomic E-state index is -0.512. The van der Waals surface area contributed by atoms with Gasteiger partial charge in [-0.3, -0.25) is 14.5 Å². The van der Waals surface area contributed by atoms with E-state index in [9.17, 15) is 4.79 Å². The maximum Gasteiger partial charge on any atom is 0.247 e. The van der Waals surface area contributed by atoms with Crippen molar-refractivity contribution in [3.05, 3.63) is 90.6 Å². The van der Waals surface area contributed by atoms with Crippen LogP contribution in [0.5, 0.6) is 0 Å². The molecule has 9 heteroatoms. The number of anilines is 2. The maximum atomic E-state index is 11.6. The molecule has 5 rings (SSSR count). The molecular formula is C23H19N7O2. The summed E-state index contributed by atoms with van der Waals surface area (Å²) < 4.78 is 3.57. The molecule has 158 valence electrons. The molecule has 0 aliphatic carbocycles. The Labute approximate surface area is 183 Å². The zero-order valence-electron chi connectivity index (χ0n) is 17.0. The second-order valence-corrected chi connectivity index (χ2v) is 7.20. The highest BCUT2D eigenvalue weighted by atomic mass is 16.3. The van der Waals surface area contributed by atoms with E-state index >= 15 is 0 Å². The van der Waals surface area contributed by atoms with E-state index < -0.39 is 6.61 Å². The maximum absolute atomic E-state index is 11.6. The quantitative estimate of drug-likeness (QED) is 0.386. The van der Waals surface area contributed by atoms with Crippen LogP contribution < -0.4 is 5.32 Å². The van der Waals surface area contributed by atoms with E-state index in [-0.39, 0.29) is 5.78 Å². The number of nitrogens with one attached hydrogen (secondary N) is 1. The summed E-state index contributed by atoms with van der Waals surface area (Å²) in [6.07, 6.45) is 9.19. The third-order valence-electron chi connectivity index (χ3n) is 4.98. The molecule has 0 saturated carbocycles. The summed E-state index contributed by atoms with van der Waals surface area (Å²) in [6, 6.07) is 14.6. The molecule has 0 radical (unpaired) electrons. The molecule has 0 spiro atoms. The van der Waals surface area contributed by atoms with Crippen molar-refractivity contribution in [1.82, 2.24) is 29.4 Å². The summed E-state index contributed by atoms with van der Waals surface area (Å²) in [6.45, 7) is 0.119. The first-order valence-corrected chi connectivity index (χ1v) is 9.98. The number of ketones is 1. The van der Waals surface area contributed by atoms with Gasteiger partial charge in [-0.15, -0.1) is 5.10 Å². The van der Waals surface area contributed by atoms with E-state index in [1.54, 1.807) is 35.0 Å². The molecule has 1 aromatic carbocycles. The highest BCUT2D eigenvalue weighted by Gasteiger charge is 2.12. The predicted molar refractivity (Wildman–Crippen MR) is 119 cm³/mol. The number of aliphatic hydroxyl groups is 1. The Bertz CT molecular complexity index is 1370. The van der Waals surface area contributed by atoms with E-state index in [0.29, 0.717) is 23.7 Å². The summed E-state index contributed by atoms with van der Waals surface area (Å²) in [7, 11) is 0. The Hall–Kier alpha value is -4.37. The first kappa shape index (κ1) is 19.6. The van der Waals surface area contributed by atoms with Gasteiger partial charge in [0.1, 0.15) is 6.61 Å². The van der Waals surface area contributed by atoms with Crippen molar-refractivity contribution < 1.29 is 9.90 Å². The first-order valence-electron chi connectivity index (χ1n) is 9.98. The van der Waals surface area contributed by atoms with Gasteiger partial charge in [-0.05, 0) is 48.0 Å².